The fourth-order valence-corrected chi connectivity index (χ4v) is 1.31. The molecule has 1 heterocycles. The molecule has 2 nitrogen and oxygen atoms in total. The lowest BCUT2D eigenvalue weighted by Crippen LogP contribution is -2.06. The molecule has 0 spiro atoms. The highest BCUT2D eigenvalue weighted by atomic mass is 79.9. The van der Waals surface area contributed by atoms with Crippen molar-refractivity contribution in [1.29, 1.82) is 0 Å². The van der Waals surface area contributed by atoms with Crippen LogP contribution in [0.1, 0.15) is 18.2 Å². The second-order valence-electron chi connectivity index (χ2n) is 2.58. The van der Waals surface area contributed by atoms with Gasteiger partial charge in [-0.3, -0.25) is 0 Å². The summed E-state index contributed by atoms with van der Waals surface area (Å²) in [6, 6.07) is 1.38. The number of hydrogen-bond acceptors (Lipinski definition) is 2. The van der Waals surface area contributed by atoms with Crippen molar-refractivity contribution in [2.24, 2.45) is 5.73 Å². The highest BCUT2D eigenvalue weighted by Gasteiger charge is 2.15. The first-order chi connectivity index (χ1) is 6.15. The highest BCUT2D eigenvalue weighted by molar-refractivity contribution is 9.10. The zero-order valence-corrected chi connectivity index (χ0v) is 8.39. The Labute approximate surface area is 83.3 Å². The van der Waals surface area contributed by atoms with Gasteiger partial charge in [-0.15, -0.1) is 0 Å². The van der Waals surface area contributed by atoms with Gasteiger partial charge in [-0.05, 0) is 35.0 Å². The first-order valence-corrected chi connectivity index (χ1v) is 4.59. The molecule has 0 radical (unpaired) electrons. The molecular weight excluding hydrogens is 242 g/mol. The van der Waals surface area contributed by atoms with Crippen LogP contribution in [0.3, 0.4) is 0 Å². The maximum Gasteiger partial charge on any atom is 0.219 e. The maximum absolute atomic E-state index is 13.2. The molecule has 1 aromatic heterocycles. The summed E-state index contributed by atoms with van der Waals surface area (Å²) in [5.74, 6) is -0.774. The minimum atomic E-state index is -1.38. The van der Waals surface area contributed by atoms with E-state index in [0.29, 0.717) is 4.47 Å². The van der Waals surface area contributed by atoms with Crippen LogP contribution in [0.4, 0.5) is 8.78 Å². The van der Waals surface area contributed by atoms with Crippen molar-refractivity contribution in [2.75, 3.05) is 6.54 Å². The topological polar surface area (TPSA) is 38.9 Å². The van der Waals surface area contributed by atoms with Crippen LogP contribution in [0.2, 0.25) is 0 Å². The monoisotopic (exact) mass is 250 g/mol. The van der Waals surface area contributed by atoms with E-state index in [1.807, 2.05) is 0 Å². The van der Waals surface area contributed by atoms with Crippen LogP contribution in [-0.2, 0) is 0 Å². The van der Waals surface area contributed by atoms with E-state index in [2.05, 4.69) is 20.9 Å². The Hall–Kier alpha value is -0.550. The summed E-state index contributed by atoms with van der Waals surface area (Å²) in [7, 11) is 0. The molecule has 1 atom stereocenters. The smallest absolute Gasteiger partial charge is 0.219 e. The quantitative estimate of drug-likeness (QED) is 0.837. The average Bonchev–Trinajstić information content (AvgIpc) is 2.09. The van der Waals surface area contributed by atoms with Gasteiger partial charge in [-0.25, -0.2) is 9.37 Å². The molecule has 5 heteroatoms. The summed E-state index contributed by atoms with van der Waals surface area (Å²) < 4.78 is 26.7. The Morgan fingerprint density at radius 3 is 2.92 bits per heavy atom. The molecule has 1 rings (SSSR count). The number of alkyl halides is 1. The highest BCUT2D eigenvalue weighted by Crippen LogP contribution is 2.24. The van der Waals surface area contributed by atoms with Gasteiger partial charge >= 0.3 is 0 Å². The zero-order valence-electron chi connectivity index (χ0n) is 6.80. The van der Waals surface area contributed by atoms with E-state index < -0.39 is 12.1 Å². The summed E-state index contributed by atoms with van der Waals surface area (Å²) in [4.78, 5) is 3.39. The summed E-state index contributed by atoms with van der Waals surface area (Å²) in [6.45, 7) is 0.188. The second-order valence-corrected chi connectivity index (χ2v) is 3.49. The van der Waals surface area contributed by atoms with E-state index in [1.165, 1.54) is 12.3 Å². The van der Waals surface area contributed by atoms with E-state index in [4.69, 9.17) is 5.73 Å². The molecule has 1 unspecified atom stereocenters. The predicted octanol–water partition coefficient (Wildman–Crippen LogP) is 2.34. The largest absolute Gasteiger partial charge is 0.330 e. The number of rotatable bonds is 3. The van der Waals surface area contributed by atoms with Crippen LogP contribution >= 0.6 is 15.9 Å². The van der Waals surface area contributed by atoms with Gasteiger partial charge in [0.05, 0.1) is 0 Å². The van der Waals surface area contributed by atoms with E-state index in [9.17, 15) is 8.78 Å². The third kappa shape index (κ3) is 2.70. The van der Waals surface area contributed by atoms with Crippen LogP contribution < -0.4 is 5.73 Å². The molecule has 0 fully saturated rings. The Balaban J connectivity index is 2.91. The van der Waals surface area contributed by atoms with Crippen molar-refractivity contribution < 1.29 is 8.78 Å². The minimum Gasteiger partial charge on any atom is -0.330 e. The molecule has 0 saturated carbocycles. The van der Waals surface area contributed by atoms with Gasteiger partial charge in [0.1, 0.15) is 6.17 Å². The molecular formula is C8H9BrF2N2. The van der Waals surface area contributed by atoms with E-state index >= 15 is 0 Å². The first kappa shape index (κ1) is 10.5. The van der Waals surface area contributed by atoms with Crippen molar-refractivity contribution in [3.8, 4) is 0 Å². The molecule has 0 saturated heterocycles. The Bertz CT molecular complexity index is 293. The Morgan fingerprint density at radius 2 is 2.31 bits per heavy atom. The number of nitrogens with zero attached hydrogens (tertiary/aromatic N) is 1. The van der Waals surface area contributed by atoms with Crippen molar-refractivity contribution in [2.45, 2.75) is 12.6 Å². The zero-order chi connectivity index (χ0) is 9.84. The molecule has 0 aliphatic carbocycles. The molecule has 1 aromatic rings. The lowest BCUT2D eigenvalue weighted by atomic mass is 10.1. The number of aromatic nitrogens is 1. The van der Waals surface area contributed by atoms with Gasteiger partial charge in [0.25, 0.3) is 0 Å². The third-order valence-corrected chi connectivity index (χ3v) is 2.02. The third-order valence-electron chi connectivity index (χ3n) is 1.59. The lowest BCUT2D eigenvalue weighted by molar-refractivity contribution is 0.314. The number of pyridine rings is 1. The van der Waals surface area contributed by atoms with Gasteiger partial charge in [-0.1, -0.05) is 0 Å². The van der Waals surface area contributed by atoms with E-state index in [0.717, 1.165) is 0 Å². The molecule has 0 aliphatic heterocycles. The number of nitrogens with two attached hydrogens (primary N) is 1. The second kappa shape index (κ2) is 4.62. The lowest BCUT2D eigenvalue weighted by Gasteiger charge is -2.07. The van der Waals surface area contributed by atoms with Crippen LogP contribution in [-0.4, -0.2) is 11.5 Å². The first-order valence-electron chi connectivity index (χ1n) is 3.80. The number of halogens is 3. The van der Waals surface area contributed by atoms with Crippen molar-refractivity contribution in [3.63, 3.8) is 0 Å². The predicted molar refractivity (Wildman–Crippen MR) is 49.4 cm³/mol. The average molecular weight is 251 g/mol. The number of hydrogen-bond donors (Lipinski definition) is 1. The van der Waals surface area contributed by atoms with Crippen LogP contribution in [0.25, 0.3) is 0 Å². The van der Waals surface area contributed by atoms with Crippen molar-refractivity contribution >= 4 is 15.9 Å². The van der Waals surface area contributed by atoms with Gasteiger partial charge in [0, 0.05) is 16.2 Å². The molecule has 2 N–H and O–H groups in total. The fraction of sp³-hybridized carbons (Fsp3) is 0.375. The van der Waals surface area contributed by atoms with E-state index in [1.54, 1.807) is 0 Å². The van der Waals surface area contributed by atoms with Gasteiger partial charge < -0.3 is 5.73 Å². The molecule has 0 aromatic carbocycles. The Kier molecular flexibility index (Phi) is 3.74. The fourth-order valence-electron chi connectivity index (χ4n) is 0.960. The summed E-state index contributed by atoms with van der Waals surface area (Å²) >= 11 is 3.09. The SMILES string of the molecule is NCCC(F)c1cc(Br)cnc1F. The maximum atomic E-state index is 13.2. The van der Waals surface area contributed by atoms with Crippen LogP contribution in [0, 0.1) is 5.95 Å². The normalized spacial score (nSPS) is 12.9. The van der Waals surface area contributed by atoms with Crippen molar-refractivity contribution in [3.05, 3.63) is 28.2 Å². The minimum absolute atomic E-state index is 0.0418. The molecule has 0 aliphatic rings. The molecule has 72 valence electrons. The molecule has 0 bridgehead atoms. The standard InChI is InChI=1S/C8H9BrF2N2/c9-5-3-6(7(10)1-2-12)8(11)13-4-5/h3-4,7H,1-2,12H2. The van der Waals surface area contributed by atoms with Crippen LogP contribution in [0.15, 0.2) is 16.7 Å². The van der Waals surface area contributed by atoms with Gasteiger partial charge in [-0.2, -0.15) is 4.39 Å². The Morgan fingerprint density at radius 1 is 1.62 bits per heavy atom. The van der Waals surface area contributed by atoms with Crippen molar-refractivity contribution in [1.82, 2.24) is 4.98 Å². The summed E-state index contributed by atoms with van der Waals surface area (Å²) in [6.07, 6.45) is 0.0123. The van der Waals surface area contributed by atoms with E-state index in [-0.39, 0.29) is 18.5 Å². The molecule has 13 heavy (non-hydrogen) atoms. The molecule has 0 amide bonds. The van der Waals surface area contributed by atoms with Gasteiger partial charge in [0.2, 0.25) is 5.95 Å². The summed E-state index contributed by atoms with van der Waals surface area (Å²) in [5.41, 5.74) is 5.12. The summed E-state index contributed by atoms with van der Waals surface area (Å²) in [5, 5.41) is 0. The van der Waals surface area contributed by atoms with Gasteiger partial charge in [0.15, 0.2) is 0 Å². The van der Waals surface area contributed by atoms with Crippen LogP contribution in [0.5, 0.6) is 0 Å².